The predicted octanol–water partition coefficient (Wildman–Crippen LogP) is 3.28. The van der Waals surface area contributed by atoms with Crippen molar-refractivity contribution in [2.24, 2.45) is 0 Å². The number of H-pyrrole nitrogens is 1. The molecule has 0 aliphatic carbocycles. The molecule has 0 unspecified atom stereocenters. The van der Waals surface area contributed by atoms with Crippen LogP contribution in [0.25, 0.3) is 10.9 Å². The van der Waals surface area contributed by atoms with E-state index in [0.717, 1.165) is 23.2 Å². The molecule has 1 amide bonds. The van der Waals surface area contributed by atoms with Gasteiger partial charge in [0.25, 0.3) is 5.91 Å². The Hall–Kier alpha value is -3.80. The van der Waals surface area contributed by atoms with Crippen LogP contribution in [0.4, 0.5) is 0 Å². The summed E-state index contributed by atoms with van der Waals surface area (Å²) >= 11 is 0. The van der Waals surface area contributed by atoms with Crippen molar-refractivity contribution < 1.29 is 9.90 Å². The van der Waals surface area contributed by atoms with E-state index in [1.165, 1.54) is 23.2 Å². The number of pyridine rings is 1. The molecule has 0 saturated heterocycles. The number of carbonyl (C=O) groups is 1. The first-order chi connectivity index (χ1) is 14.6. The van der Waals surface area contributed by atoms with Gasteiger partial charge in [-0.3, -0.25) is 9.59 Å². The molecular weight excluding hydrogens is 378 g/mol. The molecule has 1 aliphatic rings. The lowest BCUT2D eigenvalue weighted by Crippen LogP contribution is -2.37. The summed E-state index contributed by atoms with van der Waals surface area (Å²) < 4.78 is 2.27. The number of rotatable bonds is 3. The number of aromatic amines is 1. The van der Waals surface area contributed by atoms with E-state index >= 15 is 0 Å². The molecule has 2 aromatic heterocycles. The van der Waals surface area contributed by atoms with Crippen molar-refractivity contribution in [1.82, 2.24) is 14.5 Å². The molecule has 0 bridgehead atoms. The molecule has 30 heavy (non-hydrogen) atoms. The number of fused-ring (bicyclic) bond motifs is 3. The Morgan fingerprint density at radius 3 is 2.60 bits per heavy atom. The average molecular weight is 399 g/mol. The van der Waals surface area contributed by atoms with Gasteiger partial charge in [-0.15, -0.1) is 0 Å². The molecule has 3 heterocycles. The Bertz CT molecular complexity index is 1280. The van der Waals surface area contributed by atoms with Crippen LogP contribution in [0.3, 0.4) is 0 Å². The van der Waals surface area contributed by atoms with Crippen LogP contribution in [0.2, 0.25) is 0 Å². The number of phenols is 1. The number of hydrogen-bond acceptors (Lipinski definition) is 3. The quantitative estimate of drug-likeness (QED) is 0.555. The van der Waals surface area contributed by atoms with Gasteiger partial charge in [-0.05, 0) is 41.8 Å². The third kappa shape index (κ3) is 3.16. The van der Waals surface area contributed by atoms with Crippen LogP contribution in [0.1, 0.15) is 27.2 Å². The fourth-order valence-electron chi connectivity index (χ4n) is 4.26. The van der Waals surface area contributed by atoms with E-state index in [2.05, 4.69) is 21.7 Å². The lowest BCUT2D eigenvalue weighted by Gasteiger charge is -2.28. The molecule has 1 aliphatic heterocycles. The lowest BCUT2D eigenvalue weighted by atomic mass is 10.0. The van der Waals surface area contributed by atoms with Gasteiger partial charge in [0, 0.05) is 41.9 Å². The molecule has 0 saturated carbocycles. The van der Waals surface area contributed by atoms with Gasteiger partial charge in [-0.2, -0.15) is 0 Å². The second-order valence-electron chi connectivity index (χ2n) is 7.61. The summed E-state index contributed by atoms with van der Waals surface area (Å²) in [6, 6.07) is 18.5. The number of amides is 1. The van der Waals surface area contributed by atoms with E-state index in [9.17, 15) is 14.7 Å². The first-order valence-corrected chi connectivity index (χ1v) is 9.95. The van der Waals surface area contributed by atoms with Crippen molar-refractivity contribution in [3.05, 3.63) is 99.6 Å². The van der Waals surface area contributed by atoms with E-state index in [0.29, 0.717) is 25.2 Å². The van der Waals surface area contributed by atoms with E-state index < -0.39 is 0 Å². The maximum Gasteiger partial charge on any atom is 0.255 e. The van der Waals surface area contributed by atoms with Gasteiger partial charge in [0.15, 0.2) is 0 Å². The predicted molar refractivity (Wildman–Crippen MR) is 115 cm³/mol. The SMILES string of the molecule is O=C(c1ccc(=O)[nH]c1)N1CCc2c(n(Cc3ccc(O)cc3)c3ccccc23)C1. The summed E-state index contributed by atoms with van der Waals surface area (Å²) in [4.78, 5) is 28.7. The van der Waals surface area contributed by atoms with Gasteiger partial charge in [0.2, 0.25) is 5.56 Å². The molecule has 6 nitrogen and oxygen atoms in total. The highest BCUT2D eigenvalue weighted by Gasteiger charge is 2.27. The second-order valence-corrected chi connectivity index (χ2v) is 7.61. The van der Waals surface area contributed by atoms with Crippen LogP contribution < -0.4 is 5.56 Å². The second kappa shape index (κ2) is 7.22. The number of nitrogens with zero attached hydrogens (tertiary/aromatic N) is 2. The summed E-state index contributed by atoms with van der Waals surface area (Å²) in [6.45, 7) is 1.81. The number of aromatic nitrogens is 2. The maximum absolute atomic E-state index is 13.0. The van der Waals surface area contributed by atoms with Crippen molar-refractivity contribution in [3.8, 4) is 5.75 Å². The summed E-state index contributed by atoms with van der Waals surface area (Å²) in [7, 11) is 0. The minimum absolute atomic E-state index is 0.0849. The normalized spacial score (nSPS) is 13.4. The highest BCUT2D eigenvalue weighted by atomic mass is 16.3. The first-order valence-electron chi connectivity index (χ1n) is 9.95. The van der Waals surface area contributed by atoms with Crippen LogP contribution in [0.5, 0.6) is 5.75 Å². The maximum atomic E-state index is 13.0. The fourth-order valence-corrected chi connectivity index (χ4v) is 4.26. The number of para-hydroxylation sites is 1. The molecular formula is C24H21N3O3. The number of aromatic hydroxyl groups is 1. The fraction of sp³-hybridized carbons (Fsp3) is 0.167. The van der Waals surface area contributed by atoms with Crippen LogP contribution in [-0.2, 0) is 19.5 Å². The van der Waals surface area contributed by atoms with Gasteiger partial charge >= 0.3 is 0 Å². The van der Waals surface area contributed by atoms with Gasteiger partial charge in [0.1, 0.15) is 5.75 Å². The number of benzene rings is 2. The summed E-state index contributed by atoms with van der Waals surface area (Å²) in [5.41, 5.74) is 4.92. The molecule has 6 heteroatoms. The average Bonchev–Trinajstić information content (AvgIpc) is 3.08. The van der Waals surface area contributed by atoms with Crippen LogP contribution in [0.15, 0.2) is 71.7 Å². The number of carbonyl (C=O) groups excluding carboxylic acids is 1. The number of nitrogens with one attached hydrogen (secondary N) is 1. The Balaban J connectivity index is 1.53. The van der Waals surface area contributed by atoms with E-state index in [1.807, 2.05) is 29.2 Å². The van der Waals surface area contributed by atoms with E-state index in [4.69, 9.17) is 0 Å². The highest BCUT2D eigenvalue weighted by molar-refractivity contribution is 5.94. The number of phenolic OH excluding ortho intramolecular Hbond substituents is 1. The zero-order valence-electron chi connectivity index (χ0n) is 16.3. The topological polar surface area (TPSA) is 78.3 Å². The van der Waals surface area contributed by atoms with Gasteiger partial charge in [-0.1, -0.05) is 30.3 Å². The third-order valence-corrected chi connectivity index (χ3v) is 5.76. The zero-order valence-corrected chi connectivity index (χ0v) is 16.3. The Kier molecular flexibility index (Phi) is 4.39. The molecule has 0 fully saturated rings. The van der Waals surface area contributed by atoms with Crippen molar-refractivity contribution in [2.75, 3.05) is 6.54 Å². The van der Waals surface area contributed by atoms with Crippen molar-refractivity contribution in [3.63, 3.8) is 0 Å². The van der Waals surface area contributed by atoms with Gasteiger partial charge < -0.3 is 19.6 Å². The van der Waals surface area contributed by atoms with Crippen molar-refractivity contribution in [2.45, 2.75) is 19.5 Å². The highest BCUT2D eigenvalue weighted by Crippen LogP contribution is 2.32. The Morgan fingerprint density at radius 1 is 1.03 bits per heavy atom. The molecule has 5 rings (SSSR count). The van der Waals surface area contributed by atoms with Crippen LogP contribution in [-0.4, -0.2) is 32.0 Å². The molecule has 2 N–H and O–H groups in total. The summed E-state index contributed by atoms with van der Waals surface area (Å²) in [5.74, 6) is 0.161. The Labute approximate surface area is 173 Å². The summed E-state index contributed by atoms with van der Waals surface area (Å²) in [5, 5.41) is 10.8. The first kappa shape index (κ1) is 18.2. The largest absolute Gasteiger partial charge is 0.508 e. The van der Waals surface area contributed by atoms with E-state index in [1.54, 1.807) is 18.2 Å². The molecule has 0 spiro atoms. The standard InChI is InChI=1S/C24H21N3O3/c28-18-8-5-16(6-9-18)14-27-21-4-2-1-3-19(21)20-11-12-26(15-22(20)27)24(30)17-7-10-23(29)25-13-17/h1-10,13,28H,11-12,14-15H2,(H,25,29). The minimum Gasteiger partial charge on any atom is -0.508 e. The summed E-state index contributed by atoms with van der Waals surface area (Å²) in [6.07, 6.45) is 2.26. The van der Waals surface area contributed by atoms with Crippen LogP contribution in [0, 0.1) is 0 Å². The molecule has 150 valence electrons. The third-order valence-electron chi connectivity index (χ3n) is 5.76. The van der Waals surface area contributed by atoms with Crippen molar-refractivity contribution in [1.29, 1.82) is 0 Å². The molecule has 0 atom stereocenters. The van der Waals surface area contributed by atoms with Crippen molar-refractivity contribution >= 4 is 16.8 Å². The molecule has 4 aromatic rings. The Morgan fingerprint density at radius 2 is 1.83 bits per heavy atom. The molecule has 2 aromatic carbocycles. The van der Waals surface area contributed by atoms with Gasteiger partial charge in [0.05, 0.1) is 12.1 Å². The lowest BCUT2D eigenvalue weighted by molar-refractivity contribution is 0.0730. The van der Waals surface area contributed by atoms with Crippen LogP contribution >= 0.6 is 0 Å². The monoisotopic (exact) mass is 399 g/mol. The van der Waals surface area contributed by atoms with E-state index in [-0.39, 0.29) is 17.2 Å². The number of hydrogen-bond donors (Lipinski definition) is 2. The smallest absolute Gasteiger partial charge is 0.255 e. The van der Waals surface area contributed by atoms with Gasteiger partial charge in [-0.25, -0.2) is 0 Å². The zero-order chi connectivity index (χ0) is 20.7. The molecule has 0 radical (unpaired) electrons. The minimum atomic E-state index is -0.221.